The van der Waals surface area contributed by atoms with E-state index in [0.29, 0.717) is 11.9 Å². The van der Waals surface area contributed by atoms with Gasteiger partial charge in [-0.05, 0) is 35.3 Å². The molecule has 0 atom stereocenters. The molecule has 0 aliphatic rings. The summed E-state index contributed by atoms with van der Waals surface area (Å²) < 4.78 is 0. The zero-order valence-corrected chi connectivity index (χ0v) is 10.4. The Morgan fingerprint density at radius 2 is 2.11 bits per heavy atom. The zero-order valence-electron chi connectivity index (χ0n) is 10.4. The highest BCUT2D eigenvalue weighted by Gasteiger charge is 2.04. The summed E-state index contributed by atoms with van der Waals surface area (Å²) >= 11 is 0. The van der Waals surface area contributed by atoms with Crippen molar-refractivity contribution in [3.8, 4) is 6.07 Å². The van der Waals surface area contributed by atoms with Crippen LogP contribution in [0.5, 0.6) is 0 Å². The molecule has 92 valence electrons. The van der Waals surface area contributed by atoms with Gasteiger partial charge in [-0.3, -0.25) is 4.98 Å². The van der Waals surface area contributed by atoms with Gasteiger partial charge in [0.05, 0.1) is 18.0 Å². The van der Waals surface area contributed by atoms with E-state index in [1.807, 2.05) is 31.2 Å². The van der Waals surface area contributed by atoms with Crippen LogP contribution in [0.3, 0.4) is 0 Å². The first kappa shape index (κ1) is 11.4. The van der Waals surface area contributed by atoms with Gasteiger partial charge in [-0.25, -0.2) is 0 Å². The van der Waals surface area contributed by atoms with Crippen molar-refractivity contribution in [1.29, 1.82) is 5.26 Å². The first-order valence-corrected chi connectivity index (χ1v) is 5.96. The molecular formula is C15H11N4-. The number of pyridine rings is 2. The number of nitriles is 1. The second-order valence-corrected chi connectivity index (χ2v) is 4.56. The average molecular weight is 247 g/mol. The fourth-order valence-corrected chi connectivity index (χ4v) is 2.23. The number of hydrogen-bond acceptors (Lipinski definition) is 3. The second-order valence-electron chi connectivity index (χ2n) is 4.56. The largest absolute Gasteiger partial charge is 0.480 e. The van der Waals surface area contributed by atoms with Crippen molar-refractivity contribution in [3.63, 3.8) is 0 Å². The predicted molar refractivity (Wildman–Crippen MR) is 75.1 cm³/mol. The van der Waals surface area contributed by atoms with Crippen LogP contribution in [-0.4, -0.2) is 9.97 Å². The number of aromatic nitrogens is 2. The van der Waals surface area contributed by atoms with E-state index in [9.17, 15) is 0 Å². The number of nitrogens with one attached hydrogen (secondary N) is 1. The molecule has 1 N–H and O–H groups in total. The van der Waals surface area contributed by atoms with Crippen LogP contribution in [0.15, 0.2) is 30.5 Å². The van der Waals surface area contributed by atoms with E-state index in [1.165, 1.54) is 0 Å². The summed E-state index contributed by atoms with van der Waals surface area (Å²) in [4.78, 5) is 8.55. The van der Waals surface area contributed by atoms with Crippen molar-refractivity contribution in [2.75, 3.05) is 0 Å². The summed E-state index contributed by atoms with van der Waals surface area (Å²) in [5, 5.41) is 10.6. The third-order valence-corrected chi connectivity index (χ3v) is 3.13. The molecule has 0 spiro atoms. The molecule has 2 heterocycles. The lowest BCUT2D eigenvalue weighted by Gasteiger charge is -2.13. The zero-order chi connectivity index (χ0) is 13.4. The molecule has 0 saturated heterocycles. The molecule has 0 saturated carbocycles. The van der Waals surface area contributed by atoms with Crippen LogP contribution in [0.2, 0.25) is 0 Å². The van der Waals surface area contributed by atoms with Gasteiger partial charge in [0.2, 0.25) is 0 Å². The third kappa shape index (κ3) is 1.85. The highest BCUT2D eigenvalue weighted by molar-refractivity contribution is 6.08. The lowest BCUT2D eigenvalue weighted by atomic mass is 10.1. The highest BCUT2D eigenvalue weighted by Crippen LogP contribution is 2.30. The fraction of sp³-hybridized carbons (Fsp3) is 0.133. The molecule has 0 aliphatic carbocycles. The smallest absolute Gasteiger partial charge is 0.0694 e. The van der Waals surface area contributed by atoms with Crippen LogP contribution < -0.4 is 0 Å². The van der Waals surface area contributed by atoms with Gasteiger partial charge < -0.3 is 10.7 Å². The Morgan fingerprint density at radius 1 is 1.26 bits per heavy atom. The molecule has 4 nitrogen and oxygen atoms in total. The highest BCUT2D eigenvalue weighted by atomic mass is 14.9. The van der Waals surface area contributed by atoms with Gasteiger partial charge in [-0.1, -0.05) is 23.8 Å². The van der Waals surface area contributed by atoms with E-state index < -0.39 is 0 Å². The van der Waals surface area contributed by atoms with Crippen molar-refractivity contribution in [1.82, 2.24) is 9.97 Å². The van der Waals surface area contributed by atoms with E-state index >= 15 is 0 Å². The molecule has 0 unspecified atom stereocenters. The maximum Gasteiger partial charge on any atom is 0.0694 e. The average Bonchev–Trinajstić information content (AvgIpc) is 2.38. The molecule has 0 aliphatic heterocycles. The Hall–Kier alpha value is -2.67. The Morgan fingerprint density at radius 3 is 2.89 bits per heavy atom. The summed E-state index contributed by atoms with van der Waals surface area (Å²) in [6.45, 7) is 2.00. The standard InChI is InChI=1S/C15H11N4/c1-9-2-3-11-12-7-10(4-5-16)8-18-14(12)15(17)19-13(11)6-9/h2-3,6-8H,4H2,1H3,(H-,17,19)/q-1. The normalized spacial score (nSPS) is 10.7. The number of hydrogen-bond donors (Lipinski definition) is 0. The minimum absolute atomic E-state index is 0.177. The number of benzene rings is 1. The first-order valence-electron chi connectivity index (χ1n) is 5.96. The molecule has 3 rings (SSSR count). The minimum atomic E-state index is 0.177. The number of nitrogens with zero attached hydrogens (tertiary/aromatic N) is 3. The maximum absolute atomic E-state index is 8.77. The van der Waals surface area contributed by atoms with Crippen molar-refractivity contribution in [3.05, 3.63) is 47.3 Å². The molecule has 0 radical (unpaired) electrons. The van der Waals surface area contributed by atoms with Crippen LogP contribution in [0.25, 0.3) is 27.5 Å². The van der Waals surface area contributed by atoms with Gasteiger partial charge in [0.1, 0.15) is 0 Å². The minimum Gasteiger partial charge on any atom is -0.480 e. The predicted octanol–water partition coefficient (Wildman–Crippen LogP) is 3.84. The van der Waals surface area contributed by atoms with Crippen LogP contribution in [0.1, 0.15) is 11.1 Å². The molecule has 1 aromatic carbocycles. The van der Waals surface area contributed by atoms with Gasteiger partial charge in [-0.15, -0.1) is 0 Å². The summed E-state index contributed by atoms with van der Waals surface area (Å²) in [5.41, 5.74) is 11.3. The summed E-state index contributed by atoms with van der Waals surface area (Å²) in [6.07, 6.45) is 1.97. The number of rotatable bonds is 1. The van der Waals surface area contributed by atoms with E-state index in [-0.39, 0.29) is 5.82 Å². The first-order chi connectivity index (χ1) is 9.19. The summed E-state index contributed by atoms with van der Waals surface area (Å²) in [7, 11) is 0. The van der Waals surface area contributed by atoms with E-state index in [1.54, 1.807) is 6.20 Å². The van der Waals surface area contributed by atoms with E-state index in [2.05, 4.69) is 16.0 Å². The number of aryl methyl sites for hydroxylation is 1. The molecule has 0 bridgehead atoms. The summed E-state index contributed by atoms with van der Waals surface area (Å²) in [5.74, 6) is 0.177. The number of fused-ring (bicyclic) bond motifs is 3. The Kier molecular flexibility index (Phi) is 2.53. The Labute approximate surface area is 110 Å². The van der Waals surface area contributed by atoms with Gasteiger partial charge in [-0.2, -0.15) is 5.26 Å². The molecule has 4 heteroatoms. The van der Waals surface area contributed by atoms with Gasteiger partial charge in [0.25, 0.3) is 0 Å². The monoisotopic (exact) mass is 247 g/mol. The van der Waals surface area contributed by atoms with Crippen molar-refractivity contribution < 1.29 is 0 Å². The molecular weight excluding hydrogens is 236 g/mol. The lowest BCUT2D eigenvalue weighted by molar-refractivity contribution is 1.22. The van der Waals surface area contributed by atoms with E-state index in [4.69, 9.17) is 11.0 Å². The van der Waals surface area contributed by atoms with Gasteiger partial charge in [0.15, 0.2) is 0 Å². The summed E-state index contributed by atoms with van der Waals surface area (Å²) in [6, 6.07) is 10.0. The third-order valence-electron chi connectivity index (χ3n) is 3.13. The molecule has 2 aromatic heterocycles. The van der Waals surface area contributed by atoms with E-state index in [0.717, 1.165) is 27.4 Å². The van der Waals surface area contributed by atoms with Crippen molar-refractivity contribution >= 4 is 27.6 Å². The molecule has 19 heavy (non-hydrogen) atoms. The van der Waals surface area contributed by atoms with Crippen LogP contribution in [0.4, 0.5) is 5.82 Å². The van der Waals surface area contributed by atoms with Crippen molar-refractivity contribution in [2.45, 2.75) is 13.3 Å². The molecule has 3 aromatic rings. The molecule has 0 amide bonds. The van der Waals surface area contributed by atoms with Crippen molar-refractivity contribution in [2.24, 2.45) is 0 Å². The second kappa shape index (κ2) is 4.21. The maximum atomic E-state index is 8.77. The Bertz CT molecular complexity index is 831. The Balaban J connectivity index is 2.43. The fourth-order valence-electron chi connectivity index (χ4n) is 2.23. The molecule has 0 fully saturated rings. The van der Waals surface area contributed by atoms with Crippen LogP contribution in [0, 0.1) is 18.3 Å². The van der Waals surface area contributed by atoms with Gasteiger partial charge in [0, 0.05) is 11.6 Å². The van der Waals surface area contributed by atoms with Crippen LogP contribution in [-0.2, 0) is 6.42 Å². The quantitative estimate of drug-likeness (QED) is 0.613. The topological polar surface area (TPSA) is 73.4 Å². The van der Waals surface area contributed by atoms with Crippen LogP contribution >= 0.6 is 0 Å². The SMILES string of the molecule is Cc1ccc2c(c1)nc([NH-])c1ncc(CC#N)cc12. The lowest BCUT2D eigenvalue weighted by Crippen LogP contribution is -1.90. The van der Waals surface area contributed by atoms with Gasteiger partial charge >= 0.3 is 0 Å².